The normalized spacial score (nSPS) is 20.9. The van der Waals surface area contributed by atoms with E-state index in [9.17, 15) is 0 Å². The van der Waals surface area contributed by atoms with Crippen LogP contribution in [0.3, 0.4) is 0 Å². The van der Waals surface area contributed by atoms with Gasteiger partial charge in [-0.25, -0.2) is 4.98 Å². The highest BCUT2D eigenvalue weighted by atomic mass is 32.1. The molecule has 4 nitrogen and oxygen atoms in total. The summed E-state index contributed by atoms with van der Waals surface area (Å²) >= 11 is 1.79. The predicted octanol–water partition coefficient (Wildman–Crippen LogP) is 1.35. The SMILES string of the molecule is Cc1nc2c(s1)CCN=C2C1=C(N)CCN(C)C1. The van der Waals surface area contributed by atoms with Gasteiger partial charge in [-0.2, -0.15) is 0 Å². The first kappa shape index (κ1) is 11.9. The zero-order chi connectivity index (χ0) is 12.7. The van der Waals surface area contributed by atoms with Gasteiger partial charge in [-0.3, -0.25) is 4.99 Å². The molecule has 2 aliphatic heterocycles. The number of aliphatic imine (C=N–C) groups is 1. The molecule has 0 radical (unpaired) electrons. The van der Waals surface area contributed by atoms with Crippen LogP contribution >= 0.6 is 11.3 Å². The molecule has 0 atom stereocenters. The minimum atomic E-state index is 0.866. The van der Waals surface area contributed by atoms with Gasteiger partial charge in [0.25, 0.3) is 0 Å². The Morgan fingerprint density at radius 1 is 1.33 bits per heavy atom. The van der Waals surface area contributed by atoms with Crippen molar-refractivity contribution in [3.63, 3.8) is 0 Å². The summed E-state index contributed by atoms with van der Waals surface area (Å²) in [4.78, 5) is 13.0. The molecular weight excluding hydrogens is 244 g/mol. The van der Waals surface area contributed by atoms with Crippen LogP contribution in [0.4, 0.5) is 0 Å². The highest BCUT2D eigenvalue weighted by Crippen LogP contribution is 2.27. The van der Waals surface area contributed by atoms with Crippen molar-refractivity contribution in [1.82, 2.24) is 9.88 Å². The number of thiazole rings is 1. The maximum Gasteiger partial charge on any atom is 0.103 e. The number of hydrogen-bond donors (Lipinski definition) is 1. The Kier molecular flexibility index (Phi) is 2.95. The lowest BCUT2D eigenvalue weighted by Crippen LogP contribution is -2.34. The average molecular weight is 262 g/mol. The van der Waals surface area contributed by atoms with E-state index in [4.69, 9.17) is 5.73 Å². The van der Waals surface area contributed by atoms with E-state index in [-0.39, 0.29) is 0 Å². The van der Waals surface area contributed by atoms with Crippen molar-refractivity contribution in [2.24, 2.45) is 10.7 Å². The Bertz CT molecular complexity index is 541. The second-order valence-electron chi connectivity index (χ2n) is 4.98. The monoisotopic (exact) mass is 262 g/mol. The molecule has 0 bridgehead atoms. The molecule has 0 amide bonds. The fraction of sp³-hybridized carbons (Fsp3) is 0.538. The second-order valence-corrected chi connectivity index (χ2v) is 6.26. The molecule has 0 saturated carbocycles. The predicted molar refractivity (Wildman–Crippen MR) is 75.3 cm³/mol. The Morgan fingerprint density at radius 3 is 3.00 bits per heavy atom. The first-order chi connectivity index (χ1) is 8.65. The van der Waals surface area contributed by atoms with Crippen LogP contribution in [0.2, 0.25) is 0 Å². The summed E-state index contributed by atoms with van der Waals surface area (Å²) in [6, 6.07) is 0. The maximum atomic E-state index is 6.18. The van der Waals surface area contributed by atoms with Crippen LogP contribution in [-0.2, 0) is 6.42 Å². The average Bonchev–Trinajstić information content (AvgIpc) is 2.72. The molecule has 3 heterocycles. The fourth-order valence-corrected chi connectivity index (χ4v) is 3.47. The van der Waals surface area contributed by atoms with Gasteiger partial charge in [0.15, 0.2) is 0 Å². The summed E-state index contributed by atoms with van der Waals surface area (Å²) in [5.74, 6) is 0. The van der Waals surface area contributed by atoms with Gasteiger partial charge in [0.2, 0.25) is 0 Å². The topological polar surface area (TPSA) is 54.5 Å². The molecule has 2 aliphatic rings. The number of nitrogens with zero attached hydrogens (tertiary/aromatic N) is 3. The van der Waals surface area contributed by atoms with E-state index in [0.717, 1.165) is 54.6 Å². The first-order valence-corrected chi connectivity index (χ1v) is 7.14. The molecular formula is C13H18N4S. The highest BCUT2D eigenvalue weighted by Gasteiger charge is 2.25. The number of aromatic nitrogens is 1. The number of fused-ring (bicyclic) bond motifs is 1. The standard InChI is InChI=1S/C13H18N4S/c1-8-16-13-11(18-8)3-5-15-12(13)9-7-17(2)6-4-10(9)14/h3-7,14H2,1-2H3. The van der Waals surface area contributed by atoms with Crippen molar-refractivity contribution in [2.45, 2.75) is 19.8 Å². The van der Waals surface area contributed by atoms with E-state index in [1.807, 2.05) is 0 Å². The van der Waals surface area contributed by atoms with Gasteiger partial charge in [-0.15, -0.1) is 11.3 Å². The third-order valence-electron chi connectivity index (χ3n) is 3.50. The van der Waals surface area contributed by atoms with Crippen LogP contribution in [0.15, 0.2) is 16.3 Å². The number of nitrogens with two attached hydrogens (primary N) is 1. The highest BCUT2D eigenvalue weighted by molar-refractivity contribution is 7.11. The van der Waals surface area contributed by atoms with Crippen molar-refractivity contribution in [3.05, 3.63) is 26.8 Å². The van der Waals surface area contributed by atoms with Crippen LogP contribution in [0.25, 0.3) is 0 Å². The van der Waals surface area contributed by atoms with Crippen LogP contribution < -0.4 is 5.73 Å². The van der Waals surface area contributed by atoms with Crippen molar-refractivity contribution in [2.75, 3.05) is 26.7 Å². The van der Waals surface area contributed by atoms with Gasteiger partial charge in [-0.05, 0) is 14.0 Å². The number of hydrogen-bond acceptors (Lipinski definition) is 5. The molecule has 0 unspecified atom stereocenters. The molecule has 0 spiro atoms. The molecule has 96 valence electrons. The molecule has 3 rings (SSSR count). The lowest BCUT2D eigenvalue weighted by molar-refractivity contribution is 0.352. The third-order valence-corrected chi connectivity index (χ3v) is 4.53. The minimum Gasteiger partial charge on any atom is -0.402 e. The van der Waals surface area contributed by atoms with E-state index < -0.39 is 0 Å². The lowest BCUT2D eigenvalue weighted by Gasteiger charge is -2.27. The fourth-order valence-electron chi connectivity index (χ4n) is 2.55. The third kappa shape index (κ3) is 1.97. The van der Waals surface area contributed by atoms with Crippen molar-refractivity contribution in [3.8, 4) is 0 Å². The second kappa shape index (κ2) is 4.48. The molecule has 5 heteroatoms. The van der Waals surface area contributed by atoms with Crippen molar-refractivity contribution in [1.29, 1.82) is 0 Å². The van der Waals surface area contributed by atoms with E-state index in [0.29, 0.717) is 0 Å². The molecule has 0 saturated heterocycles. The number of rotatable bonds is 1. The van der Waals surface area contributed by atoms with Gasteiger partial charge in [0.05, 0.1) is 10.7 Å². The van der Waals surface area contributed by atoms with E-state index in [1.54, 1.807) is 11.3 Å². The molecule has 0 aliphatic carbocycles. The van der Waals surface area contributed by atoms with Crippen molar-refractivity contribution >= 4 is 17.0 Å². The molecule has 1 aromatic heterocycles. The Labute approximate surface area is 111 Å². The summed E-state index contributed by atoms with van der Waals surface area (Å²) in [6.45, 7) is 4.85. The summed E-state index contributed by atoms with van der Waals surface area (Å²) in [7, 11) is 2.13. The van der Waals surface area contributed by atoms with Gasteiger partial charge in [-0.1, -0.05) is 0 Å². The van der Waals surface area contributed by atoms with E-state index >= 15 is 0 Å². The summed E-state index contributed by atoms with van der Waals surface area (Å²) in [6.07, 6.45) is 1.96. The zero-order valence-corrected chi connectivity index (χ0v) is 11.7. The largest absolute Gasteiger partial charge is 0.402 e. The number of aryl methyl sites for hydroxylation is 1. The zero-order valence-electron chi connectivity index (χ0n) is 10.9. The smallest absolute Gasteiger partial charge is 0.103 e. The quantitative estimate of drug-likeness (QED) is 0.831. The van der Waals surface area contributed by atoms with Crippen LogP contribution in [0.5, 0.6) is 0 Å². The Hall–Kier alpha value is -1.20. The summed E-state index contributed by atoms with van der Waals surface area (Å²) in [5, 5.41) is 1.12. The van der Waals surface area contributed by atoms with Crippen LogP contribution in [0, 0.1) is 6.92 Å². The van der Waals surface area contributed by atoms with Gasteiger partial charge >= 0.3 is 0 Å². The molecule has 0 fully saturated rings. The van der Waals surface area contributed by atoms with Gasteiger partial charge in [0.1, 0.15) is 5.69 Å². The summed E-state index contributed by atoms with van der Waals surface area (Å²) in [5.41, 5.74) is 10.5. The molecule has 1 aromatic rings. The maximum absolute atomic E-state index is 6.18. The van der Waals surface area contributed by atoms with Crippen molar-refractivity contribution < 1.29 is 0 Å². The summed E-state index contributed by atoms with van der Waals surface area (Å²) < 4.78 is 0. The lowest BCUT2D eigenvalue weighted by atomic mass is 9.97. The van der Waals surface area contributed by atoms with Gasteiger partial charge < -0.3 is 10.6 Å². The van der Waals surface area contributed by atoms with Gasteiger partial charge in [0, 0.05) is 48.6 Å². The molecule has 0 aromatic carbocycles. The van der Waals surface area contributed by atoms with E-state index in [2.05, 4.69) is 28.8 Å². The van der Waals surface area contributed by atoms with Crippen LogP contribution in [0.1, 0.15) is 22.0 Å². The molecule has 2 N–H and O–H groups in total. The first-order valence-electron chi connectivity index (χ1n) is 6.32. The number of likely N-dealkylation sites (N-methyl/N-ethyl adjacent to an activating group) is 1. The minimum absolute atomic E-state index is 0.866. The van der Waals surface area contributed by atoms with E-state index in [1.165, 1.54) is 10.5 Å². The van der Waals surface area contributed by atoms with Crippen LogP contribution in [-0.4, -0.2) is 42.3 Å². The Morgan fingerprint density at radius 2 is 2.17 bits per heavy atom. The Balaban J connectivity index is 2.04. The molecule has 18 heavy (non-hydrogen) atoms.